The molecule has 1 atom stereocenters. The van der Waals surface area contributed by atoms with Crippen molar-refractivity contribution < 1.29 is 19.0 Å². The zero-order valence-corrected chi connectivity index (χ0v) is 23.9. The Bertz CT molecular complexity index is 1780. The molecule has 204 valence electrons. The molecule has 2 heterocycles. The van der Waals surface area contributed by atoms with E-state index in [0.29, 0.717) is 33.0 Å². The van der Waals surface area contributed by atoms with E-state index < -0.39 is 12.0 Å². The van der Waals surface area contributed by atoms with Gasteiger partial charge in [-0.05, 0) is 73.4 Å². The van der Waals surface area contributed by atoms with E-state index in [1.165, 1.54) is 18.4 Å². The van der Waals surface area contributed by atoms with Crippen LogP contribution in [0.4, 0.5) is 0 Å². The highest BCUT2D eigenvalue weighted by Gasteiger charge is 2.32. The zero-order chi connectivity index (χ0) is 28.4. The van der Waals surface area contributed by atoms with Crippen LogP contribution in [0.5, 0.6) is 11.5 Å². The van der Waals surface area contributed by atoms with Gasteiger partial charge in [-0.15, -0.1) is 0 Å². The summed E-state index contributed by atoms with van der Waals surface area (Å²) >= 11 is 1.29. The second-order valence-corrected chi connectivity index (χ2v) is 10.7. The van der Waals surface area contributed by atoms with Crippen molar-refractivity contribution in [3.8, 4) is 11.5 Å². The molecule has 0 saturated carbocycles. The third-order valence-corrected chi connectivity index (χ3v) is 7.72. The number of methoxy groups -OCH3 is 2. The summed E-state index contributed by atoms with van der Waals surface area (Å²) in [5.74, 6) is 0.981. The molecule has 5 rings (SSSR count). The number of fused-ring (bicyclic) bond motifs is 1. The third kappa shape index (κ3) is 5.35. The molecule has 0 aliphatic carbocycles. The van der Waals surface area contributed by atoms with E-state index in [-0.39, 0.29) is 5.56 Å². The molecule has 0 fully saturated rings. The van der Waals surface area contributed by atoms with Crippen LogP contribution in [0, 0.1) is 13.8 Å². The number of aryl methyl sites for hydroxylation is 2. The second-order valence-electron chi connectivity index (χ2n) is 9.67. The van der Waals surface area contributed by atoms with Crippen LogP contribution in [-0.2, 0) is 16.1 Å². The minimum Gasteiger partial charge on any atom is -0.496 e. The smallest absolute Gasteiger partial charge is 0.338 e. The lowest BCUT2D eigenvalue weighted by Gasteiger charge is -2.24. The van der Waals surface area contributed by atoms with Gasteiger partial charge in [-0.3, -0.25) is 9.36 Å². The predicted octanol–water partition coefficient (Wildman–Crippen LogP) is 4.61. The van der Waals surface area contributed by atoms with Crippen LogP contribution >= 0.6 is 11.3 Å². The molecule has 0 spiro atoms. The molecule has 0 bridgehead atoms. The highest BCUT2D eigenvalue weighted by Crippen LogP contribution is 2.30. The van der Waals surface area contributed by atoms with E-state index in [1.54, 1.807) is 18.6 Å². The van der Waals surface area contributed by atoms with Gasteiger partial charge in [0.25, 0.3) is 5.56 Å². The topological polar surface area (TPSA) is 79.1 Å². The summed E-state index contributed by atoms with van der Waals surface area (Å²) < 4.78 is 18.8. The van der Waals surface area contributed by atoms with Crippen molar-refractivity contribution in [3.05, 3.63) is 126 Å². The van der Waals surface area contributed by atoms with Crippen molar-refractivity contribution in [2.75, 3.05) is 14.2 Å². The number of benzene rings is 3. The summed E-state index contributed by atoms with van der Waals surface area (Å²) in [5, 5.41) is 0. The number of hydrogen-bond acceptors (Lipinski definition) is 7. The van der Waals surface area contributed by atoms with Crippen molar-refractivity contribution in [1.82, 2.24) is 4.57 Å². The maximum Gasteiger partial charge on any atom is 0.338 e. The first kappa shape index (κ1) is 27.1. The molecule has 0 N–H and O–H groups in total. The van der Waals surface area contributed by atoms with E-state index in [1.807, 2.05) is 80.6 Å². The summed E-state index contributed by atoms with van der Waals surface area (Å²) in [6.07, 6.45) is 1.84. The number of esters is 1. The van der Waals surface area contributed by atoms with Crippen molar-refractivity contribution in [3.63, 3.8) is 0 Å². The van der Waals surface area contributed by atoms with Gasteiger partial charge in [-0.1, -0.05) is 53.8 Å². The van der Waals surface area contributed by atoms with Crippen LogP contribution in [0.1, 0.15) is 40.8 Å². The minimum absolute atomic E-state index is 0.227. The maximum absolute atomic E-state index is 13.8. The summed E-state index contributed by atoms with van der Waals surface area (Å²) in [6, 6.07) is 20.6. The summed E-state index contributed by atoms with van der Waals surface area (Å²) in [6.45, 7) is 6.15. The molecule has 1 unspecified atom stereocenters. The largest absolute Gasteiger partial charge is 0.496 e. The molecular weight excluding hydrogens is 524 g/mol. The van der Waals surface area contributed by atoms with E-state index in [4.69, 9.17) is 14.2 Å². The number of allylic oxidation sites excluding steroid dienone is 1. The lowest BCUT2D eigenvalue weighted by Crippen LogP contribution is -2.39. The van der Waals surface area contributed by atoms with Gasteiger partial charge in [0.15, 0.2) is 4.80 Å². The van der Waals surface area contributed by atoms with Crippen LogP contribution in [0.3, 0.4) is 0 Å². The summed E-state index contributed by atoms with van der Waals surface area (Å²) in [7, 11) is 2.96. The van der Waals surface area contributed by atoms with Gasteiger partial charge >= 0.3 is 5.97 Å². The molecule has 1 aliphatic heterocycles. The number of hydrogen-bond donors (Lipinski definition) is 0. The fourth-order valence-corrected chi connectivity index (χ4v) is 6.02. The molecule has 0 amide bonds. The summed E-state index contributed by atoms with van der Waals surface area (Å²) in [5.41, 5.74) is 5.40. The first-order valence-corrected chi connectivity index (χ1v) is 13.6. The Morgan fingerprint density at radius 3 is 2.40 bits per heavy atom. The average molecular weight is 555 g/mol. The molecule has 1 aliphatic rings. The second kappa shape index (κ2) is 11.4. The Labute approximate surface area is 236 Å². The van der Waals surface area contributed by atoms with Gasteiger partial charge in [0, 0.05) is 5.56 Å². The highest BCUT2D eigenvalue weighted by molar-refractivity contribution is 7.07. The van der Waals surface area contributed by atoms with Crippen molar-refractivity contribution >= 4 is 23.4 Å². The Morgan fingerprint density at radius 1 is 1.00 bits per heavy atom. The highest BCUT2D eigenvalue weighted by atomic mass is 32.1. The maximum atomic E-state index is 13.8. The van der Waals surface area contributed by atoms with E-state index in [0.717, 1.165) is 33.6 Å². The molecule has 7 nitrogen and oxygen atoms in total. The molecule has 3 aromatic carbocycles. The molecule has 0 radical (unpaired) electrons. The Morgan fingerprint density at radius 2 is 1.73 bits per heavy atom. The van der Waals surface area contributed by atoms with Crippen LogP contribution < -0.4 is 24.4 Å². The van der Waals surface area contributed by atoms with Crippen molar-refractivity contribution in [2.45, 2.75) is 33.4 Å². The Kier molecular flexibility index (Phi) is 7.71. The zero-order valence-electron chi connectivity index (χ0n) is 23.1. The molecule has 4 aromatic rings. The van der Waals surface area contributed by atoms with Gasteiger partial charge in [-0.2, -0.15) is 0 Å². The Hall–Kier alpha value is -4.43. The van der Waals surface area contributed by atoms with E-state index in [9.17, 15) is 9.59 Å². The number of carbonyl (C=O) groups excluding carboxylic acids is 1. The molecule has 0 saturated heterocycles. The van der Waals surface area contributed by atoms with Crippen LogP contribution in [0.25, 0.3) is 6.08 Å². The minimum atomic E-state index is -0.635. The van der Waals surface area contributed by atoms with E-state index in [2.05, 4.69) is 11.1 Å². The third-order valence-electron chi connectivity index (χ3n) is 6.73. The molecule has 8 heteroatoms. The van der Waals surface area contributed by atoms with Crippen LogP contribution in [-0.4, -0.2) is 24.8 Å². The first-order chi connectivity index (χ1) is 19.3. The average Bonchev–Trinajstić information content (AvgIpc) is 3.24. The van der Waals surface area contributed by atoms with Gasteiger partial charge in [-0.25, -0.2) is 9.79 Å². The van der Waals surface area contributed by atoms with Crippen molar-refractivity contribution in [1.29, 1.82) is 0 Å². The molecule has 1 aromatic heterocycles. The van der Waals surface area contributed by atoms with Crippen molar-refractivity contribution in [2.24, 2.45) is 4.99 Å². The van der Waals surface area contributed by atoms with Gasteiger partial charge < -0.3 is 14.2 Å². The number of thiazole rings is 1. The number of rotatable bonds is 7. The first-order valence-electron chi connectivity index (χ1n) is 12.8. The van der Waals surface area contributed by atoms with Crippen LogP contribution in [0.2, 0.25) is 0 Å². The van der Waals surface area contributed by atoms with Crippen LogP contribution in [0.15, 0.2) is 87.8 Å². The normalized spacial score (nSPS) is 14.9. The SMILES string of the molecule is COC(=O)C1=C(C)N=c2sc(=Cc3ccc(OC)c(COc4cc(C)cc(C)c4)c3)c(=O)n2C1c1ccccc1. The van der Waals surface area contributed by atoms with Gasteiger partial charge in [0.05, 0.1) is 36.1 Å². The van der Waals surface area contributed by atoms with E-state index >= 15 is 0 Å². The number of nitrogens with zero attached hydrogens (tertiary/aromatic N) is 2. The fraction of sp³-hybridized carbons (Fsp3) is 0.219. The monoisotopic (exact) mass is 554 g/mol. The standard InChI is InChI=1S/C32H30N2O5S/c1-19-13-20(2)15-25(14-19)39-18-24-16-22(11-12-26(24)37-4)17-27-30(35)34-29(23-9-7-6-8-10-23)28(31(36)38-5)21(3)33-32(34)40-27/h6-17,29H,18H2,1-5H3. The predicted molar refractivity (Wildman–Crippen MR) is 155 cm³/mol. The van der Waals surface area contributed by atoms with Gasteiger partial charge in [0.2, 0.25) is 0 Å². The lowest BCUT2D eigenvalue weighted by atomic mass is 9.96. The molecule has 40 heavy (non-hydrogen) atoms. The summed E-state index contributed by atoms with van der Waals surface area (Å²) in [4.78, 5) is 31.7. The number of carbonyl (C=O) groups is 1. The Balaban J connectivity index is 1.56. The lowest BCUT2D eigenvalue weighted by molar-refractivity contribution is -0.136. The fourth-order valence-electron chi connectivity index (χ4n) is 4.97. The number of ether oxygens (including phenoxy) is 3. The molecular formula is C32H30N2O5S. The van der Waals surface area contributed by atoms with Gasteiger partial charge in [0.1, 0.15) is 18.1 Å². The number of aromatic nitrogens is 1. The quantitative estimate of drug-likeness (QED) is 0.312.